The molecule has 0 amide bonds. The van der Waals surface area contributed by atoms with E-state index in [9.17, 15) is 13.5 Å². The van der Waals surface area contributed by atoms with Gasteiger partial charge in [0.15, 0.2) is 0 Å². The highest BCUT2D eigenvalue weighted by Gasteiger charge is 2.40. The molecule has 0 aromatic heterocycles. The molecule has 21 heavy (non-hydrogen) atoms. The Morgan fingerprint density at radius 2 is 2.29 bits per heavy atom. The number of ether oxygens (including phenoxy) is 2. The summed E-state index contributed by atoms with van der Waals surface area (Å²) in [6.07, 6.45) is 0.00557. The largest absolute Gasteiger partial charge is 0.496 e. The normalized spacial score (nSPS) is 26.0. The summed E-state index contributed by atoms with van der Waals surface area (Å²) in [5.41, 5.74) is -1.17. The highest BCUT2D eigenvalue weighted by molar-refractivity contribution is 9.10. The number of hydrogen-bond donors (Lipinski definition) is 2. The van der Waals surface area contributed by atoms with Crippen LogP contribution in [-0.2, 0) is 14.8 Å². The first-order chi connectivity index (χ1) is 9.78. The van der Waals surface area contributed by atoms with Gasteiger partial charge in [-0.25, -0.2) is 13.1 Å². The number of benzene rings is 1. The number of nitrogens with one attached hydrogen (secondary N) is 1. The van der Waals surface area contributed by atoms with E-state index in [1.807, 2.05) is 0 Å². The zero-order valence-electron chi connectivity index (χ0n) is 11.8. The molecule has 1 aliphatic heterocycles. The van der Waals surface area contributed by atoms with E-state index in [-0.39, 0.29) is 11.4 Å². The Bertz CT molecular complexity index is 621. The van der Waals surface area contributed by atoms with Crippen LogP contribution in [0.25, 0.3) is 0 Å². The minimum absolute atomic E-state index is 0.0832. The summed E-state index contributed by atoms with van der Waals surface area (Å²) >= 11 is 3.25. The first-order valence-electron chi connectivity index (χ1n) is 6.46. The standard InChI is InChI=1S/C13H18BrNO5S/c1-9-13(16,5-6-20-9)8-15-21(17,18)10-3-4-12(19-2)11(14)7-10/h3-4,7,9,15-16H,5-6,8H2,1-2H3. The topological polar surface area (TPSA) is 84.9 Å². The molecular formula is C13H18BrNO5S. The molecule has 2 rings (SSSR count). The predicted octanol–water partition coefficient (Wildman–Crippen LogP) is 1.28. The van der Waals surface area contributed by atoms with Gasteiger partial charge in [0.25, 0.3) is 0 Å². The molecule has 1 aliphatic rings. The lowest BCUT2D eigenvalue weighted by Gasteiger charge is -2.26. The molecule has 2 unspecified atom stereocenters. The fourth-order valence-electron chi connectivity index (χ4n) is 2.12. The third kappa shape index (κ3) is 3.57. The number of hydrogen-bond acceptors (Lipinski definition) is 5. The van der Waals surface area contributed by atoms with Crippen molar-refractivity contribution < 1.29 is 23.0 Å². The summed E-state index contributed by atoms with van der Waals surface area (Å²) in [7, 11) is -2.20. The Morgan fingerprint density at radius 1 is 1.57 bits per heavy atom. The van der Waals surface area contributed by atoms with Crippen molar-refractivity contribution in [1.82, 2.24) is 4.72 Å². The SMILES string of the molecule is COc1ccc(S(=O)(=O)NCC2(O)CCOC2C)cc1Br. The third-order valence-corrected chi connectivity index (χ3v) is 5.68. The summed E-state index contributed by atoms with van der Waals surface area (Å²) < 4.78 is 37.9. The Labute approximate surface area is 132 Å². The van der Waals surface area contributed by atoms with Gasteiger partial charge in [0, 0.05) is 19.6 Å². The lowest BCUT2D eigenvalue weighted by atomic mass is 9.97. The van der Waals surface area contributed by atoms with Gasteiger partial charge in [-0.2, -0.15) is 0 Å². The summed E-state index contributed by atoms with van der Waals surface area (Å²) in [5.74, 6) is 0.547. The van der Waals surface area contributed by atoms with Gasteiger partial charge in [-0.3, -0.25) is 0 Å². The quantitative estimate of drug-likeness (QED) is 0.804. The van der Waals surface area contributed by atoms with Crippen LogP contribution >= 0.6 is 15.9 Å². The Balaban J connectivity index is 2.13. The second-order valence-electron chi connectivity index (χ2n) is 4.99. The van der Waals surface area contributed by atoms with E-state index < -0.39 is 21.7 Å². The molecule has 1 heterocycles. The van der Waals surface area contributed by atoms with Crippen LogP contribution in [0.1, 0.15) is 13.3 Å². The average molecular weight is 380 g/mol. The Hall–Kier alpha value is -0.670. The second-order valence-corrected chi connectivity index (χ2v) is 7.61. The van der Waals surface area contributed by atoms with Gasteiger partial charge >= 0.3 is 0 Å². The first kappa shape index (κ1) is 16.7. The lowest BCUT2D eigenvalue weighted by molar-refractivity contribution is -0.0228. The minimum Gasteiger partial charge on any atom is -0.496 e. The van der Waals surface area contributed by atoms with E-state index in [4.69, 9.17) is 9.47 Å². The van der Waals surface area contributed by atoms with Crippen molar-refractivity contribution in [3.63, 3.8) is 0 Å². The molecule has 0 radical (unpaired) electrons. The van der Waals surface area contributed by atoms with Gasteiger partial charge in [0.2, 0.25) is 10.0 Å². The first-order valence-corrected chi connectivity index (χ1v) is 8.73. The van der Waals surface area contributed by atoms with E-state index in [0.29, 0.717) is 23.2 Å². The smallest absolute Gasteiger partial charge is 0.240 e. The van der Waals surface area contributed by atoms with Crippen LogP contribution in [0, 0.1) is 0 Å². The highest BCUT2D eigenvalue weighted by atomic mass is 79.9. The van der Waals surface area contributed by atoms with Crippen molar-refractivity contribution >= 4 is 26.0 Å². The summed E-state index contributed by atoms with van der Waals surface area (Å²) in [4.78, 5) is 0.102. The maximum Gasteiger partial charge on any atom is 0.240 e. The fraction of sp³-hybridized carbons (Fsp3) is 0.538. The van der Waals surface area contributed by atoms with Crippen LogP contribution in [0.5, 0.6) is 5.75 Å². The van der Waals surface area contributed by atoms with E-state index in [1.165, 1.54) is 19.2 Å². The number of halogens is 1. The van der Waals surface area contributed by atoms with Crippen LogP contribution in [-0.4, -0.2) is 45.5 Å². The van der Waals surface area contributed by atoms with Crippen molar-refractivity contribution in [1.29, 1.82) is 0 Å². The Morgan fingerprint density at radius 3 is 2.81 bits per heavy atom. The molecule has 6 nitrogen and oxygen atoms in total. The molecule has 118 valence electrons. The second kappa shape index (κ2) is 6.21. The third-order valence-electron chi connectivity index (χ3n) is 3.66. The van der Waals surface area contributed by atoms with Crippen molar-refractivity contribution in [3.8, 4) is 5.75 Å². The summed E-state index contributed by atoms with van der Waals surface area (Å²) in [6.45, 7) is 2.07. The predicted molar refractivity (Wildman–Crippen MR) is 80.9 cm³/mol. The fourth-order valence-corrected chi connectivity index (χ4v) is 3.94. The molecule has 0 bridgehead atoms. The van der Waals surface area contributed by atoms with E-state index in [0.717, 1.165) is 0 Å². The molecule has 1 fully saturated rings. The van der Waals surface area contributed by atoms with Crippen molar-refractivity contribution in [2.24, 2.45) is 0 Å². The van der Waals surface area contributed by atoms with Crippen LogP contribution in [0.2, 0.25) is 0 Å². The van der Waals surface area contributed by atoms with Crippen LogP contribution in [0.3, 0.4) is 0 Å². The van der Waals surface area contributed by atoms with Crippen molar-refractivity contribution in [3.05, 3.63) is 22.7 Å². The number of aliphatic hydroxyl groups is 1. The van der Waals surface area contributed by atoms with Crippen LogP contribution in [0.4, 0.5) is 0 Å². The molecule has 1 aromatic carbocycles. The number of rotatable bonds is 5. The maximum absolute atomic E-state index is 12.3. The van der Waals surface area contributed by atoms with E-state index in [2.05, 4.69) is 20.7 Å². The monoisotopic (exact) mass is 379 g/mol. The Kier molecular flexibility index (Phi) is 4.94. The maximum atomic E-state index is 12.3. The van der Waals surface area contributed by atoms with Gasteiger partial charge in [0.1, 0.15) is 11.4 Å². The number of sulfonamides is 1. The number of methoxy groups -OCH3 is 1. The van der Waals surface area contributed by atoms with E-state index >= 15 is 0 Å². The molecule has 1 aromatic rings. The zero-order valence-corrected chi connectivity index (χ0v) is 14.2. The van der Waals surface area contributed by atoms with Crippen molar-refractivity contribution in [2.45, 2.75) is 29.9 Å². The van der Waals surface area contributed by atoms with Gasteiger partial charge in [-0.05, 0) is 41.1 Å². The van der Waals surface area contributed by atoms with Gasteiger partial charge in [-0.15, -0.1) is 0 Å². The average Bonchev–Trinajstić information content (AvgIpc) is 2.77. The molecule has 1 saturated heterocycles. The molecule has 0 spiro atoms. The summed E-state index contributed by atoms with van der Waals surface area (Å²) in [5, 5.41) is 10.3. The molecule has 0 saturated carbocycles. The van der Waals surface area contributed by atoms with Crippen LogP contribution in [0.15, 0.2) is 27.6 Å². The zero-order chi connectivity index (χ0) is 15.7. The molecule has 2 N–H and O–H groups in total. The molecular weight excluding hydrogens is 362 g/mol. The van der Waals surface area contributed by atoms with Gasteiger partial charge < -0.3 is 14.6 Å². The van der Waals surface area contributed by atoms with E-state index in [1.54, 1.807) is 13.0 Å². The molecule has 0 aliphatic carbocycles. The van der Waals surface area contributed by atoms with Crippen molar-refractivity contribution in [2.75, 3.05) is 20.3 Å². The minimum atomic E-state index is -3.71. The summed E-state index contributed by atoms with van der Waals surface area (Å²) in [6, 6.07) is 4.47. The van der Waals surface area contributed by atoms with Gasteiger partial charge in [0.05, 0.1) is 22.6 Å². The van der Waals surface area contributed by atoms with Crippen LogP contribution < -0.4 is 9.46 Å². The van der Waals surface area contributed by atoms with Gasteiger partial charge in [-0.1, -0.05) is 0 Å². The lowest BCUT2D eigenvalue weighted by Crippen LogP contribution is -2.47. The molecule has 8 heteroatoms. The highest BCUT2D eigenvalue weighted by Crippen LogP contribution is 2.28. The molecule has 2 atom stereocenters.